The standard InChI is InChI=1S/C13H17NO3S/c1-9-13(15)14(6-7-16-2)11-5-4-10(17-3)8-12(11)18-9/h4-5,8-9H,6-7H2,1-3H3. The molecule has 0 saturated heterocycles. The number of amides is 1. The molecule has 98 valence electrons. The Kier molecular flexibility index (Phi) is 4.14. The molecule has 0 spiro atoms. The summed E-state index contributed by atoms with van der Waals surface area (Å²) in [6.45, 7) is 3.05. The van der Waals surface area contributed by atoms with Crippen LogP contribution >= 0.6 is 11.8 Å². The average Bonchev–Trinajstić information content (AvgIpc) is 2.39. The molecule has 0 N–H and O–H groups in total. The molecule has 2 rings (SSSR count). The second kappa shape index (κ2) is 5.63. The van der Waals surface area contributed by atoms with Crippen LogP contribution in [0.25, 0.3) is 0 Å². The van der Waals surface area contributed by atoms with Gasteiger partial charge in [0.15, 0.2) is 0 Å². The van der Waals surface area contributed by atoms with Gasteiger partial charge in [0.1, 0.15) is 5.75 Å². The van der Waals surface area contributed by atoms with Crippen molar-refractivity contribution in [1.82, 2.24) is 0 Å². The van der Waals surface area contributed by atoms with Crippen molar-refractivity contribution >= 4 is 23.4 Å². The molecule has 1 unspecified atom stereocenters. The van der Waals surface area contributed by atoms with Gasteiger partial charge in [-0.1, -0.05) is 0 Å². The maximum atomic E-state index is 12.2. The first-order valence-electron chi connectivity index (χ1n) is 5.82. The Morgan fingerprint density at radius 3 is 2.83 bits per heavy atom. The zero-order valence-corrected chi connectivity index (χ0v) is 11.6. The molecule has 18 heavy (non-hydrogen) atoms. The van der Waals surface area contributed by atoms with Gasteiger partial charge < -0.3 is 14.4 Å². The number of anilines is 1. The summed E-state index contributed by atoms with van der Waals surface area (Å²) in [4.78, 5) is 15.0. The second-order valence-electron chi connectivity index (χ2n) is 4.08. The van der Waals surface area contributed by atoms with E-state index < -0.39 is 0 Å². The summed E-state index contributed by atoms with van der Waals surface area (Å²) in [5, 5.41) is -0.0681. The average molecular weight is 267 g/mol. The van der Waals surface area contributed by atoms with Crippen molar-refractivity contribution in [3.8, 4) is 5.75 Å². The van der Waals surface area contributed by atoms with E-state index in [1.807, 2.05) is 25.1 Å². The molecule has 1 atom stereocenters. The minimum absolute atomic E-state index is 0.0681. The molecule has 5 heteroatoms. The second-order valence-corrected chi connectivity index (χ2v) is 5.46. The van der Waals surface area contributed by atoms with Crippen LogP contribution in [0.1, 0.15) is 6.92 Å². The Balaban J connectivity index is 2.34. The Labute approximate surface area is 111 Å². The number of carbonyl (C=O) groups is 1. The Bertz CT molecular complexity index is 450. The highest BCUT2D eigenvalue weighted by molar-refractivity contribution is 8.01. The Hall–Kier alpha value is -1.20. The van der Waals surface area contributed by atoms with E-state index in [9.17, 15) is 4.79 Å². The van der Waals surface area contributed by atoms with Gasteiger partial charge in [0.2, 0.25) is 5.91 Å². The van der Waals surface area contributed by atoms with Gasteiger partial charge in [0.25, 0.3) is 0 Å². The van der Waals surface area contributed by atoms with E-state index >= 15 is 0 Å². The lowest BCUT2D eigenvalue weighted by molar-refractivity contribution is -0.118. The van der Waals surface area contributed by atoms with Gasteiger partial charge in [-0.05, 0) is 25.1 Å². The van der Waals surface area contributed by atoms with E-state index in [1.54, 1.807) is 30.9 Å². The first-order chi connectivity index (χ1) is 8.67. The fraction of sp³-hybridized carbons (Fsp3) is 0.462. The van der Waals surface area contributed by atoms with Gasteiger partial charge >= 0.3 is 0 Å². The van der Waals surface area contributed by atoms with Gasteiger partial charge in [-0.15, -0.1) is 11.8 Å². The first kappa shape index (κ1) is 13.2. The largest absolute Gasteiger partial charge is 0.497 e. The molecular weight excluding hydrogens is 250 g/mol. The third-order valence-electron chi connectivity index (χ3n) is 2.89. The quantitative estimate of drug-likeness (QED) is 0.838. The van der Waals surface area contributed by atoms with Crippen molar-refractivity contribution in [2.75, 3.05) is 32.3 Å². The highest BCUT2D eigenvalue weighted by Gasteiger charge is 2.30. The molecule has 1 amide bonds. The molecule has 0 bridgehead atoms. The number of nitrogens with zero attached hydrogens (tertiary/aromatic N) is 1. The molecular formula is C13H17NO3S. The number of ether oxygens (including phenoxy) is 2. The van der Waals surface area contributed by atoms with Gasteiger partial charge in [0, 0.05) is 18.6 Å². The molecule has 0 radical (unpaired) electrons. The van der Waals surface area contributed by atoms with Crippen LogP contribution in [0.4, 0.5) is 5.69 Å². The van der Waals surface area contributed by atoms with Crippen LogP contribution in [-0.4, -0.2) is 38.5 Å². The Morgan fingerprint density at radius 2 is 2.17 bits per heavy atom. The summed E-state index contributed by atoms with van der Waals surface area (Å²) in [5.74, 6) is 0.948. The van der Waals surface area contributed by atoms with Gasteiger partial charge in [-0.2, -0.15) is 0 Å². The van der Waals surface area contributed by atoms with Crippen molar-refractivity contribution in [2.24, 2.45) is 0 Å². The van der Waals surface area contributed by atoms with Crippen molar-refractivity contribution in [2.45, 2.75) is 17.1 Å². The SMILES string of the molecule is COCCN1C(=O)C(C)Sc2cc(OC)ccc21. The zero-order chi connectivity index (χ0) is 13.1. The lowest BCUT2D eigenvalue weighted by Gasteiger charge is -2.32. The maximum Gasteiger partial charge on any atom is 0.240 e. The van der Waals surface area contributed by atoms with Crippen LogP contribution < -0.4 is 9.64 Å². The molecule has 0 saturated carbocycles. The number of fused-ring (bicyclic) bond motifs is 1. The smallest absolute Gasteiger partial charge is 0.240 e. The van der Waals surface area contributed by atoms with Crippen LogP contribution in [-0.2, 0) is 9.53 Å². The molecule has 1 aliphatic heterocycles. The number of methoxy groups -OCH3 is 2. The highest BCUT2D eigenvalue weighted by Crippen LogP contribution is 2.40. The van der Waals surface area contributed by atoms with Crippen molar-refractivity contribution in [3.63, 3.8) is 0 Å². The number of hydrogen-bond acceptors (Lipinski definition) is 4. The lowest BCUT2D eigenvalue weighted by atomic mass is 10.2. The third-order valence-corrected chi connectivity index (χ3v) is 4.03. The number of thioether (sulfide) groups is 1. The number of benzene rings is 1. The molecule has 1 heterocycles. The molecule has 0 aliphatic carbocycles. The van der Waals surface area contributed by atoms with E-state index in [-0.39, 0.29) is 11.2 Å². The summed E-state index contributed by atoms with van der Waals surface area (Å²) in [5.41, 5.74) is 0.945. The molecule has 0 fully saturated rings. The van der Waals surface area contributed by atoms with Crippen molar-refractivity contribution in [1.29, 1.82) is 0 Å². The molecule has 1 aromatic carbocycles. The molecule has 0 aromatic heterocycles. The van der Waals surface area contributed by atoms with Gasteiger partial charge in [-0.25, -0.2) is 0 Å². The van der Waals surface area contributed by atoms with E-state index in [0.717, 1.165) is 16.3 Å². The predicted molar refractivity (Wildman–Crippen MR) is 72.5 cm³/mol. The maximum absolute atomic E-state index is 12.2. The van der Waals surface area contributed by atoms with Crippen molar-refractivity contribution < 1.29 is 14.3 Å². The minimum atomic E-state index is -0.0681. The molecule has 1 aromatic rings. The summed E-state index contributed by atoms with van der Waals surface area (Å²) in [6, 6.07) is 5.78. The Morgan fingerprint density at radius 1 is 1.39 bits per heavy atom. The van der Waals surface area contributed by atoms with E-state index in [4.69, 9.17) is 9.47 Å². The number of carbonyl (C=O) groups excluding carboxylic acids is 1. The first-order valence-corrected chi connectivity index (χ1v) is 6.70. The van der Waals surface area contributed by atoms with Crippen molar-refractivity contribution in [3.05, 3.63) is 18.2 Å². The normalized spacial score (nSPS) is 18.7. The van der Waals surface area contributed by atoms with Crippen LogP contribution in [0.3, 0.4) is 0 Å². The van der Waals surface area contributed by atoms with E-state index in [1.165, 1.54) is 0 Å². The van der Waals surface area contributed by atoms with E-state index in [0.29, 0.717) is 13.2 Å². The van der Waals surface area contributed by atoms with Gasteiger partial charge in [-0.3, -0.25) is 4.79 Å². The minimum Gasteiger partial charge on any atom is -0.497 e. The monoisotopic (exact) mass is 267 g/mol. The predicted octanol–water partition coefficient (Wildman–Crippen LogP) is 2.17. The molecule has 4 nitrogen and oxygen atoms in total. The lowest BCUT2D eigenvalue weighted by Crippen LogP contribution is -2.41. The van der Waals surface area contributed by atoms with Crippen LogP contribution in [0.15, 0.2) is 23.1 Å². The fourth-order valence-electron chi connectivity index (χ4n) is 1.93. The highest BCUT2D eigenvalue weighted by atomic mass is 32.2. The van der Waals surface area contributed by atoms with Gasteiger partial charge in [0.05, 0.1) is 24.7 Å². The summed E-state index contributed by atoms with van der Waals surface area (Å²) >= 11 is 1.57. The summed E-state index contributed by atoms with van der Waals surface area (Å²) in [7, 11) is 3.29. The number of hydrogen-bond donors (Lipinski definition) is 0. The van der Waals surface area contributed by atoms with E-state index in [2.05, 4.69) is 0 Å². The fourth-order valence-corrected chi connectivity index (χ4v) is 3.02. The van der Waals surface area contributed by atoms with Crippen LogP contribution in [0.5, 0.6) is 5.75 Å². The topological polar surface area (TPSA) is 38.8 Å². The van der Waals surface area contributed by atoms with Crippen LogP contribution in [0.2, 0.25) is 0 Å². The number of rotatable bonds is 4. The molecule has 1 aliphatic rings. The summed E-state index contributed by atoms with van der Waals surface area (Å²) in [6.07, 6.45) is 0. The zero-order valence-electron chi connectivity index (χ0n) is 10.8. The van der Waals surface area contributed by atoms with Crippen LogP contribution in [0, 0.1) is 0 Å². The summed E-state index contributed by atoms with van der Waals surface area (Å²) < 4.78 is 10.3. The third kappa shape index (κ3) is 2.47.